The van der Waals surface area contributed by atoms with Gasteiger partial charge < -0.3 is 10.2 Å². The van der Waals surface area contributed by atoms with Crippen molar-refractivity contribution in [1.82, 2.24) is 9.62 Å². The van der Waals surface area contributed by atoms with Crippen LogP contribution in [0.5, 0.6) is 0 Å². The van der Waals surface area contributed by atoms with Crippen molar-refractivity contribution in [2.75, 3.05) is 33.1 Å². The summed E-state index contributed by atoms with van der Waals surface area (Å²) in [6.45, 7) is 0. The molecule has 1 aromatic rings. The molecule has 0 heterocycles. The van der Waals surface area contributed by atoms with Gasteiger partial charge in [-0.3, -0.25) is 4.79 Å². The van der Waals surface area contributed by atoms with Gasteiger partial charge in [-0.1, -0.05) is 12.8 Å². The molecule has 1 fully saturated rings. The number of carbonyl (C=O) groups excluding carboxylic acids is 1. The predicted octanol–water partition coefficient (Wildman–Crippen LogP) is 1.68. The average Bonchev–Trinajstić information content (AvgIpc) is 2.99. The molecule has 1 aliphatic carbocycles. The number of amides is 1. The molecule has 0 atom stereocenters. The minimum Gasteiger partial charge on any atom is -0.377 e. The Bertz CT molecular complexity index is 678. The lowest BCUT2D eigenvalue weighted by atomic mass is 10.1. The highest BCUT2D eigenvalue weighted by atomic mass is 32.2. The van der Waals surface area contributed by atoms with Crippen molar-refractivity contribution >= 4 is 21.6 Å². The minimum atomic E-state index is -3.62. The number of benzene rings is 1. The topological polar surface area (TPSA) is 69.7 Å². The minimum absolute atomic E-state index is 0.145. The van der Waals surface area contributed by atoms with Crippen molar-refractivity contribution in [2.24, 2.45) is 0 Å². The van der Waals surface area contributed by atoms with E-state index < -0.39 is 10.0 Å². The molecule has 0 aliphatic heterocycles. The molecule has 0 radical (unpaired) electrons. The van der Waals surface area contributed by atoms with E-state index in [1.807, 2.05) is 0 Å². The van der Waals surface area contributed by atoms with Crippen molar-refractivity contribution in [3.8, 4) is 0 Å². The van der Waals surface area contributed by atoms with Gasteiger partial charge in [0.05, 0.1) is 5.69 Å². The Morgan fingerprint density at radius 2 is 1.74 bits per heavy atom. The van der Waals surface area contributed by atoms with Crippen LogP contribution in [0.15, 0.2) is 23.1 Å². The number of anilines is 1. The quantitative estimate of drug-likeness (QED) is 0.886. The molecule has 128 valence electrons. The molecule has 2 rings (SSSR count). The van der Waals surface area contributed by atoms with E-state index in [2.05, 4.69) is 5.32 Å². The van der Waals surface area contributed by atoms with E-state index in [4.69, 9.17) is 0 Å². The zero-order chi connectivity index (χ0) is 17.2. The predicted molar refractivity (Wildman–Crippen MR) is 91.4 cm³/mol. The number of hydrogen-bond acceptors (Lipinski definition) is 4. The fourth-order valence-electron chi connectivity index (χ4n) is 2.77. The van der Waals surface area contributed by atoms with Crippen LogP contribution in [0.3, 0.4) is 0 Å². The van der Waals surface area contributed by atoms with Crippen LogP contribution < -0.4 is 10.2 Å². The van der Waals surface area contributed by atoms with Crippen LogP contribution in [0.4, 0.5) is 5.69 Å². The molecule has 0 bridgehead atoms. The normalized spacial score (nSPS) is 15.9. The first kappa shape index (κ1) is 17.7. The second kappa shape index (κ2) is 6.88. The third-order valence-electron chi connectivity index (χ3n) is 4.15. The van der Waals surface area contributed by atoms with E-state index in [0.29, 0.717) is 11.3 Å². The maximum atomic E-state index is 12.5. The van der Waals surface area contributed by atoms with Crippen molar-refractivity contribution < 1.29 is 13.2 Å². The Kier molecular flexibility index (Phi) is 5.31. The Labute approximate surface area is 138 Å². The van der Waals surface area contributed by atoms with Crippen LogP contribution >= 0.6 is 0 Å². The number of rotatable bonds is 5. The first-order chi connectivity index (χ1) is 10.7. The zero-order valence-electron chi connectivity index (χ0n) is 14.2. The second-order valence-electron chi connectivity index (χ2n) is 6.32. The number of nitrogens with zero attached hydrogens (tertiary/aromatic N) is 2. The molecule has 1 N–H and O–H groups in total. The van der Waals surface area contributed by atoms with Gasteiger partial charge in [0.15, 0.2) is 0 Å². The Morgan fingerprint density at radius 3 is 2.26 bits per heavy atom. The van der Waals surface area contributed by atoms with Gasteiger partial charge in [-0.25, -0.2) is 12.7 Å². The summed E-state index contributed by atoms with van der Waals surface area (Å²) < 4.78 is 26.2. The summed E-state index contributed by atoms with van der Waals surface area (Å²) in [4.78, 5) is 14.3. The average molecular weight is 339 g/mol. The summed E-state index contributed by atoms with van der Waals surface area (Å²) in [6, 6.07) is 5.02. The highest BCUT2D eigenvalue weighted by Crippen LogP contribution is 2.27. The molecule has 1 amide bonds. The van der Waals surface area contributed by atoms with Crippen molar-refractivity contribution in [3.63, 3.8) is 0 Å². The molecule has 1 saturated carbocycles. The number of sulfonamides is 1. The standard InChI is InChI=1S/C16H25N3O3S/c1-18(2)14-10-9-12(11-15(14)23(21,22)19(3)4)16(20)17-13-7-5-6-8-13/h9-11,13H,5-8H2,1-4H3,(H,17,20). The summed E-state index contributed by atoms with van der Waals surface area (Å²) in [7, 11) is 2.91. The number of nitrogens with one attached hydrogen (secondary N) is 1. The lowest BCUT2D eigenvalue weighted by molar-refractivity contribution is 0.0937. The van der Waals surface area contributed by atoms with Gasteiger partial charge in [-0.2, -0.15) is 0 Å². The monoisotopic (exact) mass is 339 g/mol. The maximum absolute atomic E-state index is 12.5. The van der Waals surface area contributed by atoms with Gasteiger partial charge in [0.1, 0.15) is 4.90 Å². The van der Waals surface area contributed by atoms with E-state index in [1.54, 1.807) is 31.1 Å². The van der Waals surface area contributed by atoms with E-state index in [1.165, 1.54) is 20.2 Å². The van der Waals surface area contributed by atoms with Crippen LogP contribution in [-0.4, -0.2) is 52.9 Å². The SMILES string of the molecule is CN(C)c1ccc(C(=O)NC2CCCC2)cc1S(=O)(=O)N(C)C. The fraction of sp³-hybridized carbons (Fsp3) is 0.562. The molecule has 6 nitrogen and oxygen atoms in total. The van der Waals surface area contributed by atoms with E-state index in [0.717, 1.165) is 30.0 Å². The van der Waals surface area contributed by atoms with Gasteiger partial charge >= 0.3 is 0 Å². The van der Waals surface area contributed by atoms with Crippen molar-refractivity contribution in [3.05, 3.63) is 23.8 Å². The van der Waals surface area contributed by atoms with Crippen molar-refractivity contribution in [1.29, 1.82) is 0 Å². The molecule has 1 aromatic carbocycles. The van der Waals surface area contributed by atoms with Crippen molar-refractivity contribution in [2.45, 2.75) is 36.6 Å². The van der Waals surface area contributed by atoms with Crippen LogP contribution in [0.2, 0.25) is 0 Å². The van der Waals surface area contributed by atoms with E-state index >= 15 is 0 Å². The van der Waals surface area contributed by atoms with Crippen LogP contribution in [0.1, 0.15) is 36.0 Å². The van der Waals surface area contributed by atoms with Gasteiger partial charge in [0, 0.05) is 39.8 Å². The van der Waals surface area contributed by atoms with Gasteiger partial charge in [0.2, 0.25) is 10.0 Å². The Hall–Kier alpha value is -1.60. The molecule has 1 aliphatic rings. The first-order valence-electron chi connectivity index (χ1n) is 7.78. The summed E-state index contributed by atoms with van der Waals surface area (Å²) in [5.74, 6) is -0.211. The highest BCUT2D eigenvalue weighted by molar-refractivity contribution is 7.89. The fourth-order valence-corrected chi connectivity index (χ4v) is 3.95. The van der Waals surface area contributed by atoms with Gasteiger partial charge in [0.25, 0.3) is 5.91 Å². The third-order valence-corrected chi connectivity index (χ3v) is 6.00. The Morgan fingerprint density at radius 1 is 1.13 bits per heavy atom. The zero-order valence-corrected chi connectivity index (χ0v) is 15.0. The lowest BCUT2D eigenvalue weighted by Gasteiger charge is -2.21. The lowest BCUT2D eigenvalue weighted by Crippen LogP contribution is -2.33. The largest absolute Gasteiger partial charge is 0.377 e. The summed E-state index contributed by atoms with van der Waals surface area (Å²) in [5.41, 5.74) is 0.944. The first-order valence-corrected chi connectivity index (χ1v) is 9.22. The molecular weight excluding hydrogens is 314 g/mol. The summed E-state index contributed by atoms with van der Waals surface area (Å²) in [6.07, 6.45) is 4.24. The third kappa shape index (κ3) is 3.84. The van der Waals surface area contributed by atoms with Crippen LogP contribution in [0.25, 0.3) is 0 Å². The summed E-state index contributed by atoms with van der Waals surface area (Å²) in [5, 5.41) is 2.99. The Balaban J connectivity index is 2.38. The van der Waals surface area contributed by atoms with Gasteiger partial charge in [-0.15, -0.1) is 0 Å². The summed E-state index contributed by atoms with van der Waals surface area (Å²) >= 11 is 0. The van der Waals surface area contributed by atoms with Crippen LogP contribution in [0, 0.1) is 0 Å². The molecule has 0 saturated heterocycles. The second-order valence-corrected chi connectivity index (χ2v) is 8.44. The molecule has 0 aromatic heterocycles. The molecule has 7 heteroatoms. The number of hydrogen-bond donors (Lipinski definition) is 1. The maximum Gasteiger partial charge on any atom is 0.251 e. The number of carbonyl (C=O) groups is 1. The van der Waals surface area contributed by atoms with E-state index in [9.17, 15) is 13.2 Å². The molecular formula is C16H25N3O3S. The molecule has 23 heavy (non-hydrogen) atoms. The smallest absolute Gasteiger partial charge is 0.251 e. The molecule has 0 unspecified atom stereocenters. The van der Waals surface area contributed by atoms with E-state index in [-0.39, 0.29) is 16.8 Å². The molecule has 0 spiro atoms. The van der Waals surface area contributed by atoms with Gasteiger partial charge in [-0.05, 0) is 31.0 Å². The highest BCUT2D eigenvalue weighted by Gasteiger charge is 2.25. The van der Waals surface area contributed by atoms with Crippen LogP contribution in [-0.2, 0) is 10.0 Å².